The first-order valence-corrected chi connectivity index (χ1v) is 13.0. The predicted octanol–water partition coefficient (Wildman–Crippen LogP) is 2.97. The van der Waals surface area contributed by atoms with Crippen molar-refractivity contribution >= 4 is 19.9 Å². The third-order valence-corrected chi connectivity index (χ3v) is 8.40. The topological polar surface area (TPSA) is 113 Å². The second-order valence-electron chi connectivity index (χ2n) is 7.98. The van der Waals surface area contributed by atoms with Crippen molar-refractivity contribution in [1.29, 1.82) is 0 Å². The van der Waals surface area contributed by atoms with Crippen LogP contribution in [0.5, 0.6) is 0 Å². The molecule has 0 saturated carbocycles. The second-order valence-corrected chi connectivity index (χ2v) is 11.7. The maximum Gasteiger partial charge on any atom is 0.240 e. The van der Waals surface area contributed by atoms with Gasteiger partial charge in [-0.1, -0.05) is 24.3 Å². The molecule has 0 radical (unpaired) electrons. The summed E-state index contributed by atoms with van der Waals surface area (Å²) < 4.78 is 54.4. The first-order chi connectivity index (χ1) is 14.9. The van der Waals surface area contributed by atoms with E-state index in [-0.39, 0.29) is 21.2 Å². The van der Waals surface area contributed by atoms with E-state index in [4.69, 9.17) is 0 Å². The SMILES string of the molecule is Cc1ccc(S(=O)(=O)c2ccc(C(C)(C)O)cc2)cc1S(=O)(=O)NCCc1ccccn1. The summed E-state index contributed by atoms with van der Waals surface area (Å²) in [5.74, 6) is 0. The molecule has 0 spiro atoms. The molecule has 0 bridgehead atoms. The number of aromatic nitrogens is 1. The Balaban J connectivity index is 1.87. The van der Waals surface area contributed by atoms with Gasteiger partial charge in [0.25, 0.3) is 0 Å². The number of nitrogens with zero attached hydrogens (tertiary/aromatic N) is 1. The molecule has 0 aliphatic rings. The Morgan fingerprint density at radius 2 is 1.59 bits per heavy atom. The molecule has 0 atom stereocenters. The molecular formula is C23H26N2O5S2. The van der Waals surface area contributed by atoms with Gasteiger partial charge < -0.3 is 5.11 Å². The zero-order chi connectivity index (χ0) is 23.6. The highest BCUT2D eigenvalue weighted by atomic mass is 32.2. The third kappa shape index (κ3) is 5.42. The van der Waals surface area contributed by atoms with Crippen molar-refractivity contribution in [3.63, 3.8) is 0 Å². The summed E-state index contributed by atoms with van der Waals surface area (Å²) in [4.78, 5) is 3.96. The predicted molar refractivity (Wildman–Crippen MR) is 121 cm³/mol. The highest BCUT2D eigenvalue weighted by molar-refractivity contribution is 7.91. The van der Waals surface area contributed by atoms with Crippen molar-refractivity contribution in [3.8, 4) is 0 Å². The van der Waals surface area contributed by atoms with Gasteiger partial charge in [0, 0.05) is 24.9 Å². The van der Waals surface area contributed by atoms with Crippen molar-refractivity contribution in [2.75, 3.05) is 6.54 Å². The number of sulfone groups is 1. The smallest absolute Gasteiger partial charge is 0.240 e. The first kappa shape index (κ1) is 24.1. The monoisotopic (exact) mass is 474 g/mol. The first-order valence-electron chi connectivity index (χ1n) is 9.99. The van der Waals surface area contributed by atoms with Crippen LogP contribution in [0.1, 0.15) is 30.7 Å². The van der Waals surface area contributed by atoms with Gasteiger partial charge in [-0.3, -0.25) is 4.98 Å². The molecule has 0 aliphatic carbocycles. The van der Waals surface area contributed by atoms with Crippen LogP contribution >= 0.6 is 0 Å². The lowest BCUT2D eigenvalue weighted by Gasteiger charge is -2.18. The van der Waals surface area contributed by atoms with Crippen molar-refractivity contribution in [2.45, 2.75) is 47.5 Å². The normalized spacial score (nSPS) is 12.6. The number of aliphatic hydroxyl groups is 1. The Morgan fingerprint density at radius 3 is 2.19 bits per heavy atom. The summed E-state index contributed by atoms with van der Waals surface area (Å²) in [5, 5.41) is 10.1. The van der Waals surface area contributed by atoms with Crippen LogP contribution in [0.15, 0.2) is 81.5 Å². The maximum absolute atomic E-state index is 13.1. The summed E-state index contributed by atoms with van der Waals surface area (Å²) in [6.45, 7) is 4.96. The summed E-state index contributed by atoms with van der Waals surface area (Å²) in [6, 6.07) is 15.3. The Kier molecular flexibility index (Phi) is 6.85. The van der Waals surface area contributed by atoms with Crippen LogP contribution in [0.25, 0.3) is 0 Å². The number of nitrogens with one attached hydrogen (secondary N) is 1. The van der Waals surface area contributed by atoms with E-state index in [9.17, 15) is 21.9 Å². The van der Waals surface area contributed by atoms with E-state index in [2.05, 4.69) is 9.71 Å². The molecule has 0 unspecified atom stereocenters. The number of benzene rings is 2. The minimum absolute atomic E-state index is 0.0146. The van der Waals surface area contributed by atoms with Crippen molar-refractivity contribution < 1.29 is 21.9 Å². The molecule has 1 aromatic heterocycles. The van der Waals surface area contributed by atoms with E-state index in [0.29, 0.717) is 17.5 Å². The molecule has 0 saturated heterocycles. The Hall–Kier alpha value is -2.59. The second kappa shape index (κ2) is 9.11. The molecule has 0 fully saturated rings. The van der Waals surface area contributed by atoms with E-state index in [1.54, 1.807) is 39.1 Å². The molecule has 0 aliphatic heterocycles. The summed E-state index contributed by atoms with van der Waals surface area (Å²) in [6.07, 6.45) is 2.04. The minimum atomic E-state index is -3.95. The average Bonchev–Trinajstić information content (AvgIpc) is 2.74. The molecule has 32 heavy (non-hydrogen) atoms. The van der Waals surface area contributed by atoms with Crippen LogP contribution in [0, 0.1) is 6.92 Å². The average molecular weight is 475 g/mol. The van der Waals surface area contributed by atoms with Crippen molar-refractivity contribution in [3.05, 3.63) is 83.7 Å². The summed E-state index contributed by atoms with van der Waals surface area (Å²) in [5.41, 5.74) is 0.652. The largest absolute Gasteiger partial charge is 0.386 e. The van der Waals surface area contributed by atoms with Gasteiger partial charge in [-0.05, 0) is 68.3 Å². The summed E-state index contributed by atoms with van der Waals surface area (Å²) in [7, 11) is -7.88. The zero-order valence-electron chi connectivity index (χ0n) is 18.1. The van der Waals surface area contributed by atoms with Crippen LogP contribution in [-0.2, 0) is 31.9 Å². The fourth-order valence-electron chi connectivity index (χ4n) is 3.15. The van der Waals surface area contributed by atoms with E-state index in [1.807, 2.05) is 6.07 Å². The van der Waals surface area contributed by atoms with E-state index in [1.165, 1.54) is 42.5 Å². The van der Waals surface area contributed by atoms with Crippen LogP contribution in [0.3, 0.4) is 0 Å². The van der Waals surface area contributed by atoms with Gasteiger partial charge in [-0.25, -0.2) is 21.6 Å². The molecule has 170 valence electrons. The fourth-order valence-corrected chi connectivity index (χ4v) is 5.81. The highest BCUT2D eigenvalue weighted by Gasteiger charge is 2.24. The summed E-state index contributed by atoms with van der Waals surface area (Å²) >= 11 is 0. The van der Waals surface area contributed by atoms with Crippen LogP contribution in [0.2, 0.25) is 0 Å². The van der Waals surface area contributed by atoms with Gasteiger partial charge in [0.15, 0.2) is 0 Å². The minimum Gasteiger partial charge on any atom is -0.386 e. The van der Waals surface area contributed by atoms with Crippen molar-refractivity contribution in [2.24, 2.45) is 0 Å². The van der Waals surface area contributed by atoms with E-state index in [0.717, 1.165) is 5.69 Å². The zero-order valence-corrected chi connectivity index (χ0v) is 19.7. The standard InChI is InChI=1S/C23H26N2O5S2/c1-17-7-10-21(31(27,28)20-11-8-18(9-12-20)23(2,3)26)16-22(17)32(29,30)25-15-13-19-6-4-5-14-24-19/h4-12,14,16,25-26H,13,15H2,1-3H3. The molecule has 9 heteroatoms. The van der Waals surface area contributed by atoms with Crippen LogP contribution < -0.4 is 4.72 Å². The fraction of sp³-hybridized carbons (Fsp3) is 0.261. The number of pyridine rings is 1. The van der Waals surface area contributed by atoms with Gasteiger partial charge >= 0.3 is 0 Å². The Labute approximate surface area is 189 Å². The van der Waals surface area contributed by atoms with Gasteiger partial charge in [0.2, 0.25) is 19.9 Å². The Morgan fingerprint density at radius 1 is 0.938 bits per heavy atom. The van der Waals surface area contributed by atoms with Gasteiger partial charge in [0.1, 0.15) is 0 Å². The number of aryl methyl sites for hydroxylation is 1. The number of hydrogen-bond donors (Lipinski definition) is 2. The van der Waals surface area contributed by atoms with Crippen LogP contribution in [0.4, 0.5) is 0 Å². The van der Waals surface area contributed by atoms with Gasteiger partial charge in [-0.15, -0.1) is 0 Å². The molecule has 2 aromatic carbocycles. The van der Waals surface area contributed by atoms with E-state index < -0.39 is 25.5 Å². The molecular weight excluding hydrogens is 448 g/mol. The highest BCUT2D eigenvalue weighted by Crippen LogP contribution is 2.27. The Bertz CT molecular complexity index is 1300. The maximum atomic E-state index is 13.1. The van der Waals surface area contributed by atoms with Crippen molar-refractivity contribution in [1.82, 2.24) is 9.71 Å². The lowest BCUT2D eigenvalue weighted by atomic mass is 9.99. The number of hydrogen-bond acceptors (Lipinski definition) is 6. The van der Waals surface area contributed by atoms with Crippen LogP contribution in [-0.4, -0.2) is 33.5 Å². The molecule has 0 amide bonds. The van der Waals surface area contributed by atoms with E-state index >= 15 is 0 Å². The number of rotatable bonds is 8. The lowest BCUT2D eigenvalue weighted by Crippen LogP contribution is -2.27. The van der Waals surface area contributed by atoms with Gasteiger partial charge in [0.05, 0.1) is 20.3 Å². The lowest BCUT2D eigenvalue weighted by molar-refractivity contribution is 0.0785. The molecule has 3 aromatic rings. The number of sulfonamides is 1. The van der Waals surface area contributed by atoms with Gasteiger partial charge in [-0.2, -0.15) is 0 Å². The quantitative estimate of drug-likeness (QED) is 0.519. The molecule has 7 nitrogen and oxygen atoms in total. The molecule has 2 N–H and O–H groups in total. The third-order valence-electron chi connectivity index (χ3n) is 5.03. The molecule has 1 heterocycles. The molecule has 3 rings (SSSR count).